The van der Waals surface area contributed by atoms with E-state index in [-0.39, 0.29) is 22.7 Å². The highest BCUT2D eigenvalue weighted by atomic mass is 32.1. The van der Waals surface area contributed by atoms with E-state index in [2.05, 4.69) is 15.3 Å². The van der Waals surface area contributed by atoms with Gasteiger partial charge in [-0.15, -0.1) is 0 Å². The van der Waals surface area contributed by atoms with Gasteiger partial charge in [-0.05, 0) is 42.5 Å². The molecule has 1 saturated carbocycles. The third-order valence-electron chi connectivity index (χ3n) is 5.93. The van der Waals surface area contributed by atoms with Crippen molar-refractivity contribution in [1.82, 2.24) is 9.97 Å². The summed E-state index contributed by atoms with van der Waals surface area (Å²) < 4.78 is 45.5. The van der Waals surface area contributed by atoms with Gasteiger partial charge in [0.25, 0.3) is 0 Å². The van der Waals surface area contributed by atoms with E-state index < -0.39 is 41.3 Å². The molecule has 33 heavy (non-hydrogen) atoms. The number of aliphatic carboxylic acids is 1. The lowest BCUT2D eigenvalue weighted by Crippen LogP contribution is -2.36. The predicted molar refractivity (Wildman–Crippen MR) is 113 cm³/mol. The van der Waals surface area contributed by atoms with Crippen LogP contribution in [0.5, 0.6) is 11.6 Å². The van der Waals surface area contributed by atoms with E-state index in [0.29, 0.717) is 16.6 Å². The Morgan fingerprint density at radius 1 is 1.15 bits per heavy atom. The van der Waals surface area contributed by atoms with Gasteiger partial charge in [0.05, 0.1) is 22.1 Å². The minimum absolute atomic E-state index is 0.119. The van der Waals surface area contributed by atoms with Crippen LogP contribution in [0.4, 0.5) is 18.3 Å². The van der Waals surface area contributed by atoms with Gasteiger partial charge in [0.2, 0.25) is 11.8 Å². The molecule has 11 heteroatoms. The molecule has 2 aliphatic rings. The van der Waals surface area contributed by atoms with Gasteiger partial charge in [0.15, 0.2) is 5.13 Å². The normalized spacial score (nSPS) is 23.7. The van der Waals surface area contributed by atoms with E-state index in [0.717, 1.165) is 17.4 Å². The maximum absolute atomic E-state index is 13.2. The Labute approximate surface area is 188 Å². The van der Waals surface area contributed by atoms with E-state index in [1.807, 2.05) is 12.2 Å². The molecule has 0 aliphatic heterocycles. The molecule has 1 amide bonds. The molecule has 1 aromatic carbocycles. The Morgan fingerprint density at radius 2 is 1.91 bits per heavy atom. The number of aromatic nitrogens is 2. The average molecular weight is 475 g/mol. The largest absolute Gasteiger partial charge is 0.481 e. The summed E-state index contributed by atoms with van der Waals surface area (Å²) in [6.45, 7) is 0. The number of hydrogen-bond acceptors (Lipinski definition) is 6. The number of anilines is 1. The molecule has 4 atom stereocenters. The summed E-state index contributed by atoms with van der Waals surface area (Å²) in [7, 11) is 0. The molecule has 0 radical (unpaired) electrons. The zero-order valence-electron chi connectivity index (χ0n) is 16.7. The number of allylic oxidation sites excluding steroid dienone is 2. The fourth-order valence-electron chi connectivity index (χ4n) is 4.53. The number of nitrogens with one attached hydrogen (secondary N) is 1. The molecule has 2 N–H and O–H groups in total. The predicted octanol–water partition coefficient (Wildman–Crippen LogP) is 4.96. The number of amides is 1. The number of thiazole rings is 1. The molecule has 2 aliphatic carbocycles. The fourth-order valence-corrected chi connectivity index (χ4v) is 5.42. The number of benzene rings is 1. The molecule has 1 fully saturated rings. The van der Waals surface area contributed by atoms with Crippen molar-refractivity contribution in [2.45, 2.75) is 12.6 Å². The van der Waals surface area contributed by atoms with Crippen LogP contribution in [-0.4, -0.2) is 27.0 Å². The summed E-state index contributed by atoms with van der Waals surface area (Å²) in [5.74, 6) is -3.53. The number of carbonyl (C=O) groups is 2. The van der Waals surface area contributed by atoms with Gasteiger partial charge in [-0.3, -0.25) is 9.59 Å². The van der Waals surface area contributed by atoms with Gasteiger partial charge >= 0.3 is 12.1 Å². The van der Waals surface area contributed by atoms with Crippen LogP contribution in [0.15, 0.2) is 48.7 Å². The van der Waals surface area contributed by atoms with Crippen LogP contribution in [0.3, 0.4) is 0 Å². The van der Waals surface area contributed by atoms with Crippen molar-refractivity contribution in [3.63, 3.8) is 0 Å². The van der Waals surface area contributed by atoms with Crippen LogP contribution < -0.4 is 10.1 Å². The number of alkyl halides is 3. The molecular weight excluding hydrogens is 459 g/mol. The van der Waals surface area contributed by atoms with Gasteiger partial charge in [-0.2, -0.15) is 13.2 Å². The highest BCUT2D eigenvalue weighted by Crippen LogP contribution is 2.48. The number of carbonyl (C=O) groups excluding carboxylic acids is 1. The van der Waals surface area contributed by atoms with Gasteiger partial charge in [0, 0.05) is 12.3 Å². The number of hydrogen-bond donors (Lipinski definition) is 2. The molecular formula is C22H16F3N3O4S. The number of rotatable bonds is 5. The third kappa shape index (κ3) is 3.92. The van der Waals surface area contributed by atoms with E-state index in [4.69, 9.17) is 4.74 Å². The van der Waals surface area contributed by atoms with Crippen LogP contribution in [0.25, 0.3) is 10.2 Å². The van der Waals surface area contributed by atoms with Crippen molar-refractivity contribution in [1.29, 1.82) is 0 Å². The van der Waals surface area contributed by atoms with E-state index >= 15 is 0 Å². The van der Waals surface area contributed by atoms with Gasteiger partial charge in [-0.25, -0.2) is 9.97 Å². The lowest BCUT2D eigenvalue weighted by Gasteiger charge is -2.23. The maximum Gasteiger partial charge on any atom is 0.421 e. The molecule has 2 unspecified atom stereocenters. The second-order valence-electron chi connectivity index (χ2n) is 7.93. The highest BCUT2D eigenvalue weighted by molar-refractivity contribution is 7.22. The van der Waals surface area contributed by atoms with Gasteiger partial charge in [0.1, 0.15) is 11.3 Å². The molecule has 0 spiro atoms. The van der Waals surface area contributed by atoms with Crippen LogP contribution in [0.1, 0.15) is 12.0 Å². The van der Waals surface area contributed by atoms with E-state index in [1.165, 1.54) is 24.4 Å². The molecule has 7 nitrogen and oxygen atoms in total. The number of pyridine rings is 1. The summed E-state index contributed by atoms with van der Waals surface area (Å²) in [6, 6.07) is 6.60. The number of halogens is 3. The molecule has 0 saturated heterocycles. The summed E-state index contributed by atoms with van der Waals surface area (Å²) >= 11 is 1.12. The third-order valence-corrected chi connectivity index (χ3v) is 6.86. The molecule has 2 bridgehead atoms. The minimum Gasteiger partial charge on any atom is -0.481 e. The molecule has 170 valence electrons. The first-order valence-electron chi connectivity index (χ1n) is 10.0. The van der Waals surface area contributed by atoms with Crippen molar-refractivity contribution in [2.75, 3.05) is 5.32 Å². The lowest BCUT2D eigenvalue weighted by atomic mass is 9.82. The van der Waals surface area contributed by atoms with Crippen LogP contribution in [0.2, 0.25) is 0 Å². The molecule has 3 aromatic rings. The first-order chi connectivity index (χ1) is 15.7. The van der Waals surface area contributed by atoms with Crippen molar-refractivity contribution < 1.29 is 32.6 Å². The molecule has 5 rings (SSSR count). The Kier molecular flexibility index (Phi) is 5.08. The van der Waals surface area contributed by atoms with Crippen LogP contribution >= 0.6 is 11.3 Å². The fraction of sp³-hybridized carbons (Fsp3) is 0.273. The monoisotopic (exact) mass is 475 g/mol. The van der Waals surface area contributed by atoms with E-state index in [1.54, 1.807) is 6.07 Å². The quantitative estimate of drug-likeness (QED) is 0.506. The standard InChI is InChI=1S/C22H16F3N3O4S/c23-22(24,25)13-2-1-7-26-19(13)32-12-5-6-14-15(9-12)33-21(27-14)28-18(29)16-10-3-4-11(8-10)17(16)20(30)31/h1-7,9-11,16-17H,8H2,(H,30,31)(H,27,28,29)/t10?,11?,16-,17+/m1/s1. The van der Waals surface area contributed by atoms with Crippen LogP contribution in [0, 0.1) is 23.7 Å². The summed E-state index contributed by atoms with van der Waals surface area (Å²) in [6.07, 6.45) is 0.988. The van der Waals surface area contributed by atoms with Gasteiger partial charge < -0.3 is 15.2 Å². The first-order valence-corrected chi connectivity index (χ1v) is 10.8. The summed E-state index contributed by atoms with van der Waals surface area (Å²) in [4.78, 5) is 32.5. The van der Waals surface area contributed by atoms with Gasteiger partial charge in [-0.1, -0.05) is 23.5 Å². The van der Waals surface area contributed by atoms with Crippen LogP contribution in [-0.2, 0) is 15.8 Å². The summed E-state index contributed by atoms with van der Waals surface area (Å²) in [5, 5.41) is 12.5. The van der Waals surface area contributed by atoms with Crippen molar-refractivity contribution in [2.24, 2.45) is 23.7 Å². The number of carboxylic acids is 1. The first kappa shape index (κ1) is 21.4. The topological polar surface area (TPSA) is 101 Å². The lowest BCUT2D eigenvalue weighted by molar-refractivity contribution is -0.146. The SMILES string of the molecule is O=C(Nc1nc2ccc(Oc3ncccc3C(F)(F)F)cc2s1)[C@@H]1C2C=CC(C2)[C@@H]1C(=O)O. The number of fused-ring (bicyclic) bond motifs is 3. The maximum atomic E-state index is 13.2. The van der Waals surface area contributed by atoms with Crippen molar-refractivity contribution >= 4 is 38.6 Å². The Balaban J connectivity index is 1.36. The van der Waals surface area contributed by atoms with Crippen molar-refractivity contribution in [3.8, 4) is 11.6 Å². The number of nitrogens with zero attached hydrogens (tertiary/aromatic N) is 2. The summed E-state index contributed by atoms with van der Waals surface area (Å²) in [5.41, 5.74) is -0.474. The highest BCUT2D eigenvalue weighted by Gasteiger charge is 2.51. The Bertz CT molecular complexity index is 1290. The zero-order chi connectivity index (χ0) is 23.3. The molecule has 2 heterocycles. The Morgan fingerprint density at radius 3 is 2.64 bits per heavy atom. The Hall–Kier alpha value is -3.47. The number of carboxylic acid groups (broad SMARTS) is 1. The second kappa shape index (κ2) is 7.84. The van der Waals surface area contributed by atoms with Crippen molar-refractivity contribution in [3.05, 3.63) is 54.2 Å². The zero-order valence-corrected chi connectivity index (χ0v) is 17.6. The molecule has 2 aromatic heterocycles. The number of ether oxygens (including phenoxy) is 1. The second-order valence-corrected chi connectivity index (χ2v) is 8.96. The smallest absolute Gasteiger partial charge is 0.421 e. The van der Waals surface area contributed by atoms with E-state index in [9.17, 15) is 27.9 Å². The minimum atomic E-state index is -4.61. The average Bonchev–Trinajstić information content (AvgIpc) is 3.46.